The number of anilines is 1. The Balaban J connectivity index is 1.78. The lowest BCUT2D eigenvalue weighted by Gasteiger charge is -2.09. The highest BCUT2D eigenvalue weighted by atomic mass is 19.1. The molecule has 0 saturated carbocycles. The quantitative estimate of drug-likeness (QED) is 0.814. The van der Waals surface area contributed by atoms with Gasteiger partial charge in [-0.2, -0.15) is 0 Å². The fraction of sp³-hybridized carbons (Fsp3) is 0.400. The highest BCUT2D eigenvalue weighted by Gasteiger charge is 2.07. The van der Waals surface area contributed by atoms with Crippen molar-refractivity contribution in [3.63, 3.8) is 0 Å². The number of rotatable bonds is 7. The number of aryl methyl sites for hydroxylation is 1. The predicted octanol–water partition coefficient (Wildman–Crippen LogP) is 1.74. The summed E-state index contributed by atoms with van der Waals surface area (Å²) >= 11 is 0. The standard InChI is InChI=1S/C15H20FN5O2/c1-11-3-4-12(9-13(11)16)19-15(22)17-6-5-14-20-18-10-21(14)7-8-23-2/h3-4,9-10H,5-8H2,1-2H3,(H2,17,19,22). The summed E-state index contributed by atoms with van der Waals surface area (Å²) in [6, 6.07) is 4.16. The van der Waals surface area contributed by atoms with Crippen molar-refractivity contribution in [1.29, 1.82) is 0 Å². The van der Waals surface area contributed by atoms with Gasteiger partial charge in [0, 0.05) is 32.3 Å². The first-order valence-corrected chi connectivity index (χ1v) is 7.27. The van der Waals surface area contributed by atoms with Crippen molar-refractivity contribution in [3.05, 3.63) is 41.7 Å². The molecule has 0 aliphatic heterocycles. The van der Waals surface area contributed by atoms with E-state index in [1.165, 1.54) is 6.07 Å². The molecule has 0 spiro atoms. The maximum Gasteiger partial charge on any atom is 0.319 e. The first-order chi connectivity index (χ1) is 11.1. The number of nitrogens with one attached hydrogen (secondary N) is 2. The van der Waals surface area contributed by atoms with E-state index in [1.54, 1.807) is 32.5 Å². The van der Waals surface area contributed by atoms with Crippen molar-refractivity contribution in [1.82, 2.24) is 20.1 Å². The lowest BCUT2D eigenvalue weighted by atomic mass is 10.2. The van der Waals surface area contributed by atoms with Crippen LogP contribution in [-0.4, -0.2) is 41.1 Å². The van der Waals surface area contributed by atoms with Gasteiger partial charge in [-0.15, -0.1) is 10.2 Å². The molecule has 2 N–H and O–H groups in total. The van der Waals surface area contributed by atoms with E-state index in [-0.39, 0.29) is 5.82 Å². The van der Waals surface area contributed by atoms with E-state index < -0.39 is 6.03 Å². The summed E-state index contributed by atoms with van der Waals surface area (Å²) in [6.07, 6.45) is 2.17. The second kappa shape index (κ2) is 8.23. The van der Waals surface area contributed by atoms with E-state index in [2.05, 4.69) is 20.8 Å². The first-order valence-electron chi connectivity index (χ1n) is 7.27. The number of hydrogen-bond acceptors (Lipinski definition) is 4. The first kappa shape index (κ1) is 16.9. The van der Waals surface area contributed by atoms with Gasteiger partial charge in [-0.1, -0.05) is 6.07 Å². The third-order valence-corrected chi connectivity index (χ3v) is 3.30. The molecule has 2 aromatic rings. The molecule has 23 heavy (non-hydrogen) atoms. The van der Waals surface area contributed by atoms with Crippen LogP contribution in [0.25, 0.3) is 0 Å². The van der Waals surface area contributed by atoms with Crippen LogP contribution in [0.3, 0.4) is 0 Å². The van der Waals surface area contributed by atoms with E-state index in [0.717, 1.165) is 5.82 Å². The van der Waals surface area contributed by atoms with Gasteiger partial charge in [0.1, 0.15) is 18.0 Å². The zero-order chi connectivity index (χ0) is 16.7. The van der Waals surface area contributed by atoms with Crippen LogP contribution in [0.4, 0.5) is 14.9 Å². The Morgan fingerprint density at radius 1 is 1.43 bits per heavy atom. The lowest BCUT2D eigenvalue weighted by molar-refractivity contribution is 0.186. The molecule has 0 unspecified atom stereocenters. The number of methoxy groups -OCH3 is 1. The maximum atomic E-state index is 13.4. The summed E-state index contributed by atoms with van der Waals surface area (Å²) in [4.78, 5) is 11.8. The third-order valence-electron chi connectivity index (χ3n) is 3.30. The van der Waals surface area contributed by atoms with E-state index in [4.69, 9.17) is 4.74 Å². The minimum absolute atomic E-state index is 0.353. The van der Waals surface area contributed by atoms with Crippen LogP contribution < -0.4 is 10.6 Å². The van der Waals surface area contributed by atoms with Crippen LogP contribution in [-0.2, 0) is 17.7 Å². The normalized spacial score (nSPS) is 10.6. The van der Waals surface area contributed by atoms with Gasteiger partial charge in [0.05, 0.1) is 6.61 Å². The minimum Gasteiger partial charge on any atom is -0.383 e. The number of carbonyl (C=O) groups is 1. The van der Waals surface area contributed by atoms with Gasteiger partial charge in [0.15, 0.2) is 0 Å². The molecule has 7 nitrogen and oxygen atoms in total. The summed E-state index contributed by atoms with van der Waals surface area (Å²) < 4.78 is 20.3. The van der Waals surface area contributed by atoms with Gasteiger partial charge in [-0.05, 0) is 24.6 Å². The molecule has 0 saturated heterocycles. The Bertz CT molecular complexity index is 659. The van der Waals surface area contributed by atoms with Gasteiger partial charge >= 0.3 is 6.03 Å². The molecule has 124 valence electrons. The molecule has 0 radical (unpaired) electrons. The Kier molecular flexibility index (Phi) is 6.04. The van der Waals surface area contributed by atoms with Gasteiger partial charge < -0.3 is 19.9 Å². The van der Waals surface area contributed by atoms with Crippen molar-refractivity contribution in [2.75, 3.05) is 25.6 Å². The number of aromatic nitrogens is 3. The highest BCUT2D eigenvalue weighted by Crippen LogP contribution is 2.13. The molecule has 2 rings (SSSR count). The average molecular weight is 321 g/mol. The van der Waals surface area contributed by atoms with Crippen LogP contribution in [0.2, 0.25) is 0 Å². The maximum absolute atomic E-state index is 13.4. The molecule has 2 amide bonds. The van der Waals surface area contributed by atoms with Gasteiger partial charge in [0.25, 0.3) is 0 Å². The average Bonchev–Trinajstić information content (AvgIpc) is 2.96. The lowest BCUT2D eigenvalue weighted by Crippen LogP contribution is -2.31. The molecule has 0 fully saturated rings. The molecule has 1 aromatic carbocycles. The van der Waals surface area contributed by atoms with E-state index >= 15 is 0 Å². The second-order valence-corrected chi connectivity index (χ2v) is 5.03. The molecule has 1 aromatic heterocycles. The number of benzene rings is 1. The van der Waals surface area contributed by atoms with Crippen LogP contribution in [0.1, 0.15) is 11.4 Å². The SMILES string of the molecule is COCCn1cnnc1CCNC(=O)Nc1ccc(C)c(F)c1. The summed E-state index contributed by atoms with van der Waals surface area (Å²) in [5.74, 6) is 0.415. The molecular weight excluding hydrogens is 301 g/mol. The predicted molar refractivity (Wildman–Crippen MR) is 83.8 cm³/mol. The highest BCUT2D eigenvalue weighted by molar-refractivity contribution is 5.89. The van der Waals surface area contributed by atoms with E-state index in [9.17, 15) is 9.18 Å². The van der Waals surface area contributed by atoms with Crippen molar-refractivity contribution in [3.8, 4) is 0 Å². The fourth-order valence-electron chi connectivity index (χ4n) is 1.98. The molecular formula is C15H20FN5O2. The zero-order valence-electron chi connectivity index (χ0n) is 13.2. The van der Waals surface area contributed by atoms with Crippen molar-refractivity contribution in [2.45, 2.75) is 19.9 Å². The Morgan fingerprint density at radius 3 is 3.00 bits per heavy atom. The summed E-state index contributed by atoms with van der Waals surface area (Å²) in [5.41, 5.74) is 0.945. The van der Waals surface area contributed by atoms with Gasteiger partial charge in [-0.25, -0.2) is 9.18 Å². The molecule has 1 heterocycles. The van der Waals surface area contributed by atoms with Crippen molar-refractivity contribution >= 4 is 11.7 Å². The van der Waals surface area contributed by atoms with E-state index in [1.807, 2.05) is 4.57 Å². The van der Waals surface area contributed by atoms with E-state index in [0.29, 0.717) is 37.4 Å². The van der Waals surface area contributed by atoms with Crippen LogP contribution in [0.5, 0.6) is 0 Å². The second-order valence-electron chi connectivity index (χ2n) is 5.03. The van der Waals surface area contributed by atoms with Crippen molar-refractivity contribution in [2.24, 2.45) is 0 Å². The molecule has 0 atom stereocenters. The third kappa shape index (κ3) is 5.03. The fourth-order valence-corrected chi connectivity index (χ4v) is 1.98. The topological polar surface area (TPSA) is 81.1 Å². The largest absolute Gasteiger partial charge is 0.383 e. The van der Waals surface area contributed by atoms with Gasteiger partial charge in [-0.3, -0.25) is 0 Å². The van der Waals surface area contributed by atoms with Crippen molar-refractivity contribution < 1.29 is 13.9 Å². The minimum atomic E-state index is -0.392. The number of hydrogen-bond donors (Lipinski definition) is 2. The number of nitrogens with zero attached hydrogens (tertiary/aromatic N) is 3. The summed E-state index contributed by atoms with van der Waals surface area (Å²) in [5, 5.41) is 13.1. The van der Waals surface area contributed by atoms with Gasteiger partial charge in [0.2, 0.25) is 0 Å². The molecule has 0 aliphatic rings. The molecule has 0 bridgehead atoms. The molecule has 0 aliphatic carbocycles. The van der Waals surface area contributed by atoms with Crippen LogP contribution in [0.15, 0.2) is 24.5 Å². The summed E-state index contributed by atoms with van der Waals surface area (Å²) in [6.45, 7) is 3.29. The number of urea groups is 1. The Morgan fingerprint density at radius 2 is 2.26 bits per heavy atom. The van der Waals surface area contributed by atoms with Crippen LogP contribution >= 0.6 is 0 Å². The molecule has 8 heteroatoms. The Labute approximate surface area is 133 Å². The number of halogens is 1. The Hall–Kier alpha value is -2.48. The number of carbonyl (C=O) groups excluding carboxylic acids is 1. The number of ether oxygens (including phenoxy) is 1. The smallest absolute Gasteiger partial charge is 0.319 e. The number of amides is 2. The van der Waals surface area contributed by atoms with Crippen LogP contribution in [0, 0.1) is 12.7 Å². The monoisotopic (exact) mass is 321 g/mol. The zero-order valence-corrected chi connectivity index (χ0v) is 13.2. The summed E-state index contributed by atoms with van der Waals surface area (Å²) in [7, 11) is 1.63.